The van der Waals surface area contributed by atoms with Crippen LogP contribution in [-0.4, -0.2) is 6.61 Å². The van der Waals surface area contributed by atoms with E-state index < -0.39 is 0 Å². The molecule has 0 aliphatic heterocycles. The molecule has 0 spiro atoms. The lowest BCUT2D eigenvalue weighted by Crippen LogP contribution is -2.13. The van der Waals surface area contributed by atoms with Crippen LogP contribution in [-0.2, 0) is 11.3 Å². The highest BCUT2D eigenvalue weighted by Gasteiger charge is 2.23. The predicted molar refractivity (Wildman–Crippen MR) is 137 cm³/mol. The Morgan fingerprint density at radius 2 is 1.50 bits per heavy atom. The first-order valence-electron chi connectivity index (χ1n) is 12.3. The van der Waals surface area contributed by atoms with Gasteiger partial charge in [-0.3, -0.25) is 0 Å². The molecule has 0 N–H and O–H groups in total. The van der Waals surface area contributed by atoms with Crippen LogP contribution in [0.1, 0.15) is 63.0 Å². The molecule has 3 aromatic carbocycles. The summed E-state index contributed by atoms with van der Waals surface area (Å²) >= 11 is 0. The first kappa shape index (κ1) is 22.6. The molecule has 1 nitrogen and oxygen atoms in total. The smallest absolute Gasteiger partial charge is 0.0716 e. The summed E-state index contributed by atoms with van der Waals surface area (Å²) in [5.41, 5.74) is 8.05. The molecule has 1 aliphatic rings. The van der Waals surface area contributed by atoms with Crippen molar-refractivity contribution >= 4 is 0 Å². The van der Waals surface area contributed by atoms with Crippen molar-refractivity contribution in [3.63, 3.8) is 0 Å². The van der Waals surface area contributed by atoms with E-state index in [1.807, 2.05) is 0 Å². The molecule has 0 heterocycles. The summed E-state index contributed by atoms with van der Waals surface area (Å²) in [6.45, 7) is 5.84. The summed E-state index contributed by atoms with van der Waals surface area (Å²) in [4.78, 5) is 0. The van der Waals surface area contributed by atoms with E-state index in [-0.39, 0.29) is 0 Å². The Morgan fingerprint density at radius 1 is 0.812 bits per heavy atom. The highest BCUT2D eigenvalue weighted by Crippen LogP contribution is 2.41. The second kappa shape index (κ2) is 11.3. The van der Waals surface area contributed by atoms with E-state index in [4.69, 9.17) is 4.74 Å². The van der Waals surface area contributed by atoms with Crippen molar-refractivity contribution in [2.75, 3.05) is 6.61 Å². The van der Waals surface area contributed by atoms with Crippen molar-refractivity contribution in [3.8, 4) is 22.3 Å². The molecule has 0 radical (unpaired) electrons. The van der Waals surface area contributed by atoms with Crippen LogP contribution in [0.4, 0.5) is 0 Å². The van der Waals surface area contributed by atoms with Crippen LogP contribution < -0.4 is 0 Å². The topological polar surface area (TPSA) is 9.23 Å². The second-order valence-electron chi connectivity index (χ2n) is 9.06. The van der Waals surface area contributed by atoms with Gasteiger partial charge in [-0.25, -0.2) is 0 Å². The fourth-order valence-electron chi connectivity index (χ4n) is 5.00. The lowest BCUT2D eigenvalue weighted by Gasteiger charge is -2.29. The Labute approximate surface area is 194 Å². The Hall–Kier alpha value is -2.64. The molecule has 0 saturated heterocycles. The largest absolute Gasteiger partial charge is 0.377 e. The molecule has 1 saturated carbocycles. The summed E-state index contributed by atoms with van der Waals surface area (Å²) < 4.78 is 5.86. The Balaban J connectivity index is 1.61. The van der Waals surface area contributed by atoms with E-state index >= 15 is 0 Å². The van der Waals surface area contributed by atoms with Gasteiger partial charge >= 0.3 is 0 Å². The number of rotatable bonds is 8. The maximum absolute atomic E-state index is 5.86. The van der Waals surface area contributed by atoms with E-state index in [0.717, 1.165) is 18.9 Å². The number of hydrogen-bond acceptors (Lipinski definition) is 1. The first-order valence-corrected chi connectivity index (χ1v) is 12.3. The number of benzene rings is 3. The van der Waals surface area contributed by atoms with Crippen LogP contribution in [0, 0.1) is 5.92 Å². The number of hydrogen-bond donors (Lipinski definition) is 0. The van der Waals surface area contributed by atoms with Crippen molar-refractivity contribution < 1.29 is 4.74 Å². The monoisotopic (exact) mass is 424 g/mol. The molecule has 32 heavy (non-hydrogen) atoms. The zero-order chi connectivity index (χ0) is 22.2. The average molecular weight is 425 g/mol. The lowest BCUT2D eigenvalue weighted by molar-refractivity contribution is 0.121. The van der Waals surface area contributed by atoms with Crippen LogP contribution in [0.25, 0.3) is 22.3 Å². The Bertz CT molecular complexity index is 992. The molecule has 0 amide bonds. The summed E-state index contributed by atoms with van der Waals surface area (Å²) in [5.74, 6) is 1.38. The van der Waals surface area contributed by atoms with Crippen LogP contribution >= 0.6 is 0 Å². The minimum Gasteiger partial charge on any atom is -0.377 e. The second-order valence-corrected chi connectivity index (χ2v) is 9.06. The fraction of sp³-hybridized carbons (Fsp3) is 0.355. The molecule has 1 aliphatic carbocycles. The molecule has 166 valence electrons. The third kappa shape index (κ3) is 5.58. The molecule has 3 aromatic rings. The van der Waals surface area contributed by atoms with Crippen molar-refractivity contribution in [2.24, 2.45) is 5.92 Å². The molecular formula is C31H36O. The Morgan fingerprint density at radius 3 is 2.19 bits per heavy atom. The van der Waals surface area contributed by atoms with Gasteiger partial charge in [0.05, 0.1) is 6.61 Å². The lowest BCUT2D eigenvalue weighted by atomic mass is 9.76. The van der Waals surface area contributed by atoms with Gasteiger partial charge in [0.2, 0.25) is 0 Å². The fourth-order valence-corrected chi connectivity index (χ4v) is 5.00. The van der Waals surface area contributed by atoms with Crippen molar-refractivity contribution in [1.82, 2.24) is 0 Å². The van der Waals surface area contributed by atoms with Crippen molar-refractivity contribution in [3.05, 3.63) is 96.1 Å². The third-order valence-corrected chi connectivity index (χ3v) is 6.71. The molecule has 0 aromatic heterocycles. The maximum Gasteiger partial charge on any atom is 0.0716 e. The van der Waals surface area contributed by atoms with Gasteiger partial charge in [0.1, 0.15) is 0 Å². The van der Waals surface area contributed by atoms with Gasteiger partial charge in [0.15, 0.2) is 0 Å². The van der Waals surface area contributed by atoms with Gasteiger partial charge in [-0.15, -0.1) is 0 Å². The summed E-state index contributed by atoms with van der Waals surface area (Å²) in [6.07, 6.45) is 10.8. The highest BCUT2D eigenvalue weighted by atomic mass is 16.5. The highest BCUT2D eigenvalue weighted by molar-refractivity contribution is 5.73. The number of ether oxygens (including phenoxy) is 1. The van der Waals surface area contributed by atoms with Gasteiger partial charge in [-0.05, 0) is 84.2 Å². The molecule has 1 fully saturated rings. The molecule has 0 bridgehead atoms. The van der Waals surface area contributed by atoms with Gasteiger partial charge in [0.25, 0.3) is 0 Å². The van der Waals surface area contributed by atoms with Crippen molar-refractivity contribution in [1.29, 1.82) is 0 Å². The zero-order valence-corrected chi connectivity index (χ0v) is 19.6. The molecule has 1 heteroatoms. The molecule has 0 atom stereocenters. The molecule has 0 unspecified atom stereocenters. The molecular weight excluding hydrogens is 388 g/mol. The van der Waals surface area contributed by atoms with Gasteiger partial charge in [-0.1, -0.05) is 91.9 Å². The normalized spacial score (nSPS) is 18.8. The summed E-state index contributed by atoms with van der Waals surface area (Å²) in [5, 5.41) is 0. The maximum atomic E-state index is 5.86. The standard InChI is InChI=1S/C31H36O/c1-3-8-24-11-14-29(15-12-24)31-22-25(23-32-21-4-2)13-20-30(31)28-18-16-27(17-19-28)26-9-6-5-7-10-26/h3,5-10,13,16-20,22,24,29H,4,11-12,14-15,21,23H2,1-2H3/b8-3+. The number of allylic oxidation sites excluding steroid dienone is 2. The van der Waals surface area contributed by atoms with Gasteiger partial charge < -0.3 is 4.74 Å². The first-order chi connectivity index (χ1) is 15.8. The van der Waals surface area contributed by atoms with Crippen LogP contribution in [0.5, 0.6) is 0 Å². The summed E-state index contributed by atoms with van der Waals surface area (Å²) in [6, 6.07) is 26.7. The van der Waals surface area contributed by atoms with E-state index in [0.29, 0.717) is 12.5 Å². The van der Waals surface area contributed by atoms with Crippen LogP contribution in [0.3, 0.4) is 0 Å². The zero-order valence-electron chi connectivity index (χ0n) is 19.6. The predicted octanol–water partition coefficient (Wildman–Crippen LogP) is 8.80. The quantitative estimate of drug-likeness (QED) is 0.259. The SMILES string of the molecule is C/C=C/C1CCC(c2cc(COCCC)ccc2-c2ccc(-c3ccccc3)cc2)CC1. The average Bonchev–Trinajstić information content (AvgIpc) is 2.86. The van der Waals surface area contributed by atoms with E-state index in [2.05, 4.69) is 98.8 Å². The minimum atomic E-state index is 0.631. The van der Waals surface area contributed by atoms with Gasteiger partial charge in [-0.2, -0.15) is 0 Å². The van der Waals surface area contributed by atoms with Crippen molar-refractivity contribution in [2.45, 2.75) is 58.5 Å². The van der Waals surface area contributed by atoms with E-state index in [1.165, 1.54) is 59.1 Å². The van der Waals surface area contributed by atoms with E-state index in [9.17, 15) is 0 Å². The Kier molecular flexibility index (Phi) is 7.96. The summed E-state index contributed by atoms with van der Waals surface area (Å²) in [7, 11) is 0. The van der Waals surface area contributed by atoms with Crippen LogP contribution in [0.15, 0.2) is 84.9 Å². The third-order valence-electron chi connectivity index (χ3n) is 6.71. The minimum absolute atomic E-state index is 0.631. The van der Waals surface area contributed by atoms with E-state index in [1.54, 1.807) is 0 Å². The van der Waals surface area contributed by atoms with Crippen LogP contribution in [0.2, 0.25) is 0 Å². The van der Waals surface area contributed by atoms with Gasteiger partial charge in [0, 0.05) is 6.61 Å². The molecule has 4 rings (SSSR count).